The Hall–Kier alpha value is -4.29. The van der Waals surface area contributed by atoms with Gasteiger partial charge in [-0.1, -0.05) is 18.2 Å². The second-order valence-electron chi connectivity index (χ2n) is 7.48. The van der Waals surface area contributed by atoms with Crippen LogP contribution in [0.1, 0.15) is 18.1 Å². The third kappa shape index (κ3) is 6.19. The lowest BCUT2D eigenvalue weighted by Crippen LogP contribution is -2.24. The van der Waals surface area contributed by atoms with Crippen LogP contribution >= 0.6 is 0 Å². The molecule has 3 atom stereocenters. The Kier molecular flexibility index (Phi) is 7.47. The van der Waals surface area contributed by atoms with Crippen molar-refractivity contribution in [1.29, 1.82) is 0 Å². The average molecular weight is 492 g/mol. The molecule has 0 aromatic heterocycles. The third-order valence-corrected chi connectivity index (χ3v) is 5.11. The maximum Gasteiger partial charge on any atom is 0.416 e. The molecule has 3 rings (SSSR count). The molecule has 35 heavy (non-hydrogen) atoms. The Morgan fingerprint density at radius 2 is 1.77 bits per heavy atom. The molecule has 3 unspecified atom stereocenters. The number of nitro benzene ring substituents is 1. The maximum absolute atomic E-state index is 12.9. The smallest absolute Gasteiger partial charge is 0.416 e. The molecule has 1 saturated carbocycles. The van der Waals surface area contributed by atoms with Crippen molar-refractivity contribution in [1.82, 2.24) is 5.43 Å². The predicted molar refractivity (Wildman–Crippen MR) is 116 cm³/mol. The van der Waals surface area contributed by atoms with Gasteiger partial charge in [-0.25, -0.2) is 5.43 Å². The van der Waals surface area contributed by atoms with Gasteiger partial charge in [-0.3, -0.25) is 24.5 Å². The van der Waals surface area contributed by atoms with Gasteiger partial charge in [-0.15, -0.1) is 0 Å². The number of esters is 1. The third-order valence-electron chi connectivity index (χ3n) is 5.11. The molecule has 0 aliphatic heterocycles. The number of alkyl halides is 3. The molecule has 10 nitrogen and oxygen atoms in total. The van der Waals surface area contributed by atoms with Gasteiger partial charge in [-0.2, -0.15) is 18.3 Å². The Morgan fingerprint density at radius 1 is 1.09 bits per heavy atom. The summed E-state index contributed by atoms with van der Waals surface area (Å²) < 4.78 is 43.7. The quantitative estimate of drug-likeness (QED) is 0.251. The van der Waals surface area contributed by atoms with E-state index in [2.05, 4.69) is 15.8 Å². The van der Waals surface area contributed by atoms with Gasteiger partial charge in [0.1, 0.15) is 0 Å². The molecule has 2 aromatic carbocycles. The van der Waals surface area contributed by atoms with E-state index < -0.39 is 52.2 Å². The molecule has 184 valence electrons. The van der Waals surface area contributed by atoms with Gasteiger partial charge in [0, 0.05) is 23.4 Å². The molecule has 0 heterocycles. The van der Waals surface area contributed by atoms with Crippen LogP contribution in [0.3, 0.4) is 0 Å². The van der Waals surface area contributed by atoms with E-state index >= 15 is 0 Å². The molecule has 2 amide bonds. The van der Waals surface area contributed by atoms with Crippen molar-refractivity contribution in [3.63, 3.8) is 0 Å². The van der Waals surface area contributed by atoms with E-state index in [0.29, 0.717) is 5.56 Å². The van der Waals surface area contributed by atoms with Gasteiger partial charge in [-0.05, 0) is 25.1 Å². The highest BCUT2D eigenvalue weighted by Crippen LogP contribution is 2.48. The number of hydrogen-bond acceptors (Lipinski definition) is 7. The Labute approximate surface area is 196 Å². The van der Waals surface area contributed by atoms with E-state index in [4.69, 9.17) is 4.74 Å². The fourth-order valence-electron chi connectivity index (χ4n) is 3.46. The molecule has 2 aromatic rings. The van der Waals surface area contributed by atoms with Crippen molar-refractivity contribution < 1.29 is 37.2 Å². The molecule has 0 saturated heterocycles. The number of anilines is 1. The van der Waals surface area contributed by atoms with Gasteiger partial charge < -0.3 is 10.1 Å². The number of carbonyl (C=O) groups is 3. The van der Waals surface area contributed by atoms with Crippen LogP contribution in [0.4, 0.5) is 24.5 Å². The average Bonchev–Trinajstić information content (AvgIpc) is 3.55. The minimum absolute atomic E-state index is 0.00339. The molecule has 13 heteroatoms. The summed E-state index contributed by atoms with van der Waals surface area (Å²) in [5.41, 5.74) is 1.18. The summed E-state index contributed by atoms with van der Waals surface area (Å²) >= 11 is 0. The number of hydrogen-bond donors (Lipinski definition) is 2. The summed E-state index contributed by atoms with van der Waals surface area (Å²) in [6.07, 6.45) is -3.47. The lowest BCUT2D eigenvalue weighted by molar-refractivity contribution is -0.384. The highest BCUT2D eigenvalue weighted by Gasteiger charge is 2.63. The molecule has 1 fully saturated rings. The van der Waals surface area contributed by atoms with Crippen LogP contribution < -0.4 is 10.7 Å². The zero-order valence-corrected chi connectivity index (χ0v) is 18.1. The van der Waals surface area contributed by atoms with E-state index in [1.54, 1.807) is 0 Å². The van der Waals surface area contributed by atoms with E-state index in [9.17, 15) is 37.7 Å². The highest BCUT2D eigenvalue weighted by molar-refractivity contribution is 6.05. The summed E-state index contributed by atoms with van der Waals surface area (Å²) in [5.74, 6) is -5.92. The fourth-order valence-corrected chi connectivity index (χ4v) is 3.46. The first-order chi connectivity index (χ1) is 16.5. The minimum atomic E-state index is -4.62. The van der Waals surface area contributed by atoms with E-state index in [1.165, 1.54) is 37.3 Å². The molecule has 1 aliphatic carbocycles. The number of ether oxygens (including phenoxy) is 1. The lowest BCUT2D eigenvalue weighted by atomic mass is 10.2. The molecule has 0 radical (unpaired) electrons. The van der Waals surface area contributed by atoms with E-state index in [-0.39, 0.29) is 18.0 Å². The molecular formula is C22H19F3N4O6. The van der Waals surface area contributed by atoms with E-state index in [0.717, 1.165) is 24.4 Å². The van der Waals surface area contributed by atoms with Crippen LogP contribution in [0.25, 0.3) is 0 Å². The standard InChI is InChI=1S/C22H19F3N4O6/c1-2-35-21(32)18-16(19(30)27-14-7-4-6-13(10-14)22(23,24)25)17(18)20(31)28-26-11-12-5-3-8-15(9-12)29(33)34/h3-11,16-18H,2H2,1H3,(H,27,30)(H,28,31)/b26-11-. The number of non-ortho nitro benzene ring substituents is 1. The van der Waals surface area contributed by atoms with Crippen molar-refractivity contribution in [2.24, 2.45) is 22.9 Å². The number of rotatable bonds is 8. The summed E-state index contributed by atoms with van der Waals surface area (Å²) in [4.78, 5) is 47.7. The first kappa shape index (κ1) is 25.3. The molecule has 1 aliphatic rings. The predicted octanol–water partition coefficient (Wildman–Crippen LogP) is 3.13. The van der Waals surface area contributed by atoms with Gasteiger partial charge in [0.2, 0.25) is 11.8 Å². The van der Waals surface area contributed by atoms with Crippen molar-refractivity contribution >= 4 is 35.4 Å². The van der Waals surface area contributed by atoms with Gasteiger partial charge in [0.15, 0.2) is 0 Å². The highest BCUT2D eigenvalue weighted by atomic mass is 19.4. The van der Waals surface area contributed by atoms with Crippen LogP contribution in [-0.2, 0) is 25.3 Å². The number of nitrogens with one attached hydrogen (secondary N) is 2. The number of nitro groups is 1. The number of benzene rings is 2. The number of halogens is 3. The monoisotopic (exact) mass is 492 g/mol. The summed E-state index contributed by atoms with van der Waals surface area (Å²) in [5, 5.41) is 16.8. The number of nitrogens with zero attached hydrogens (tertiary/aromatic N) is 2. The molecule has 0 bridgehead atoms. The van der Waals surface area contributed by atoms with Crippen molar-refractivity contribution in [2.45, 2.75) is 13.1 Å². The molecule has 2 N–H and O–H groups in total. The Balaban J connectivity index is 1.70. The SMILES string of the molecule is CCOC(=O)C1C(C(=O)N/N=C\c2cccc([N+](=O)[O-])c2)C1C(=O)Nc1cccc(C(F)(F)F)c1. The van der Waals surface area contributed by atoms with Gasteiger partial charge >= 0.3 is 12.1 Å². The van der Waals surface area contributed by atoms with Crippen molar-refractivity contribution in [2.75, 3.05) is 11.9 Å². The Morgan fingerprint density at radius 3 is 2.43 bits per heavy atom. The molecule has 0 spiro atoms. The van der Waals surface area contributed by atoms with Crippen LogP contribution in [0, 0.1) is 27.9 Å². The summed E-state index contributed by atoms with van der Waals surface area (Å²) in [6.45, 7) is 1.53. The number of hydrazone groups is 1. The Bertz CT molecular complexity index is 1180. The van der Waals surface area contributed by atoms with Crippen LogP contribution in [0.15, 0.2) is 53.6 Å². The second-order valence-corrected chi connectivity index (χ2v) is 7.48. The summed E-state index contributed by atoms with van der Waals surface area (Å²) in [6, 6.07) is 9.35. The largest absolute Gasteiger partial charge is 0.466 e. The number of amides is 2. The lowest BCUT2D eigenvalue weighted by Gasteiger charge is -2.10. The first-order valence-corrected chi connectivity index (χ1v) is 10.2. The molecular weight excluding hydrogens is 473 g/mol. The van der Waals surface area contributed by atoms with E-state index in [1.807, 2.05) is 0 Å². The number of carbonyl (C=O) groups excluding carboxylic acids is 3. The van der Waals surface area contributed by atoms with Crippen molar-refractivity contribution in [3.8, 4) is 0 Å². The first-order valence-electron chi connectivity index (χ1n) is 10.2. The van der Waals surface area contributed by atoms with Gasteiger partial charge in [0.25, 0.3) is 5.69 Å². The van der Waals surface area contributed by atoms with Crippen LogP contribution in [-0.4, -0.2) is 35.5 Å². The fraction of sp³-hybridized carbons (Fsp3) is 0.273. The maximum atomic E-state index is 12.9. The van der Waals surface area contributed by atoms with Crippen molar-refractivity contribution in [3.05, 3.63) is 69.8 Å². The van der Waals surface area contributed by atoms with Crippen LogP contribution in [0.2, 0.25) is 0 Å². The second kappa shape index (κ2) is 10.3. The topological polar surface area (TPSA) is 140 Å². The minimum Gasteiger partial charge on any atom is -0.466 e. The zero-order chi connectivity index (χ0) is 25.8. The normalized spacial score (nSPS) is 19.1. The summed E-state index contributed by atoms with van der Waals surface area (Å²) in [7, 11) is 0. The zero-order valence-electron chi connectivity index (χ0n) is 18.1. The van der Waals surface area contributed by atoms with Crippen LogP contribution in [0.5, 0.6) is 0 Å². The van der Waals surface area contributed by atoms with Gasteiger partial charge in [0.05, 0.1) is 41.1 Å².